The first-order valence-electron chi connectivity index (χ1n) is 6.78. The smallest absolute Gasteiger partial charge is 0.223 e. The number of carbonyl (C=O) groups excluding carboxylic acids is 1. The van der Waals surface area contributed by atoms with Gasteiger partial charge in [0.2, 0.25) is 5.91 Å². The van der Waals surface area contributed by atoms with E-state index in [4.69, 9.17) is 10.5 Å². The fourth-order valence-electron chi connectivity index (χ4n) is 2.33. The minimum Gasteiger partial charge on any atom is -0.493 e. The first kappa shape index (κ1) is 15.6. The zero-order valence-corrected chi connectivity index (χ0v) is 12.8. The van der Waals surface area contributed by atoms with Crippen LogP contribution < -0.4 is 15.8 Å². The van der Waals surface area contributed by atoms with Crippen LogP contribution in [-0.2, 0) is 14.6 Å². The third kappa shape index (κ3) is 4.63. The average Bonchev–Trinajstić information content (AvgIpc) is 2.65. The summed E-state index contributed by atoms with van der Waals surface area (Å²) in [6.07, 6.45) is 0.639. The lowest BCUT2D eigenvalue weighted by Gasteiger charge is -2.23. The molecule has 3 N–H and O–H groups in total. The van der Waals surface area contributed by atoms with Crippen molar-refractivity contribution in [3.63, 3.8) is 0 Å². The Kier molecular flexibility index (Phi) is 4.41. The normalized spacial score (nSPS) is 23.7. The molecule has 1 saturated heterocycles. The number of nitrogens with two attached hydrogens (primary N) is 1. The first-order chi connectivity index (χ1) is 9.78. The highest BCUT2D eigenvalue weighted by Gasteiger charge is 2.39. The van der Waals surface area contributed by atoms with Gasteiger partial charge in [-0.1, -0.05) is 0 Å². The SMILES string of the molecule is CC1(NC(=O)CCOc2ccc(N)cc2)CCS(=O)(=O)C1. The van der Waals surface area contributed by atoms with Crippen molar-refractivity contribution in [1.82, 2.24) is 5.32 Å². The number of hydrogen-bond donors (Lipinski definition) is 2. The molecule has 0 bridgehead atoms. The van der Waals surface area contributed by atoms with Crippen molar-refractivity contribution in [3.05, 3.63) is 24.3 Å². The quantitative estimate of drug-likeness (QED) is 0.781. The molecular formula is C14H20N2O4S. The molecule has 21 heavy (non-hydrogen) atoms. The topological polar surface area (TPSA) is 98.5 Å². The second kappa shape index (κ2) is 5.93. The van der Waals surface area contributed by atoms with Gasteiger partial charge in [-0.15, -0.1) is 0 Å². The summed E-state index contributed by atoms with van der Waals surface area (Å²) in [5.74, 6) is 0.577. The molecule has 1 amide bonds. The van der Waals surface area contributed by atoms with Crippen molar-refractivity contribution in [2.24, 2.45) is 0 Å². The zero-order chi connectivity index (χ0) is 15.5. The molecule has 1 aromatic carbocycles. The molecule has 1 aliphatic rings. The third-order valence-corrected chi connectivity index (χ3v) is 5.33. The Hall–Kier alpha value is -1.76. The van der Waals surface area contributed by atoms with E-state index in [1.165, 1.54) is 0 Å². The minimum atomic E-state index is -3.02. The maximum atomic E-state index is 11.9. The molecule has 0 aliphatic carbocycles. The van der Waals surface area contributed by atoms with Crippen molar-refractivity contribution in [3.8, 4) is 5.75 Å². The van der Waals surface area contributed by atoms with E-state index in [-0.39, 0.29) is 30.4 Å². The summed E-state index contributed by atoms with van der Waals surface area (Å²) in [5.41, 5.74) is 5.56. The van der Waals surface area contributed by atoms with Gasteiger partial charge in [0.05, 0.1) is 30.1 Å². The Morgan fingerprint density at radius 3 is 2.62 bits per heavy atom. The molecule has 1 unspecified atom stereocenters. The molecule has 7 heteroatoms. The van der Waals surface area contributed by atoms with Crippen LogP contribution in [0.2, 0.25) is 0 Å². The standard InChI is InChI=1S/C14H20N2O4S/c1-14(7-9-21(18,19)10-14)16-13(17)6-8-20-12-4-2-11(15)3-5-12/h2-5H,6-10,15H2,1H3,(H,16,17). The van der Waals surface area contributed by atoms with E-state index in [9.17, 15) is 13.2 Å². The molecule has 1 atom stereocenters. The number of sulfone groups is 1. The highest BCUT2D eigenvalue weighted by molar-refractivity contribution is 7.91. The van der Waals surface area contributed by atoms with E-state index in [0.717, 1.165) is 0 Å². The lowest BCUT2D eigenvalue weighted by molar-refractivity contribution is -0.123. The summed E-state index contributed by atoms with van der Waals surface area (Å²) in [5, 5.41) is 2.79. The molecule has 1 heterocycles. The maximum absolute atomic E-state index is 11.9. The first-order valence-corrected chi connectivity index (χ1v) is 8.60. The van der Waals surface area contributed by atoms with Crippen LogP contribution in [0.25, 0.3) is 0 Å². The van der Waals surface area contributed by atoms with E-state index in [2.05, 4.69) is 5.32 Å². The number of nitrogens with one attached hydrogen (secondary N) is 1. The number of hydrogen-bond acceptors (Lipinski definition) is 5. The Balaban J connectivity index is 1.76. The van der Waals surface area contributed by atoms with Crippen LogP contribution in [0, 0.1) is 0 Å². The Bertz CT molecular complexity index is 612. The number of carbonyl (C=O) groups is 1. The molecule has 1 aromatic rings. The van der Waals surface area contributed by atoms with Crippen molar-refractivity contribution in [1.29, 1.82) is 0 Å². The second-order valence-corrected chi connectivity index (χ2v) is 7.80. The third-order valence-electron chi connectivity index (χ3n) is 3.42. The highest BCUT2D eigenvalue weighted by Crippen LogP contribution is 2.22. The molecule has 2 rings (SSSR count). The number of amides is 1. The summed E-state index contributed by atoms with van der Waals surface area (Å²) in [6, 6.07) is 6.91. The molecule has 1 aliphatic heterocycles. The van der Waals surface area contributed by atoms with Gasteiger partial charge in [0.15, 0.2) is 9.84 Å². The second-order valence-electron chi connectivity index (χ2n) is 5.62. The van der Waals surface area contributed by atoms with Crippen LogP contribution in [0.5, 0.6) is 5.75 Å². The summed E-state index contributed by atoms with van der Waals surface area (Å²) in [7, 11) is -3.02. The van der Waals surface area contributed by atoms with E-state index in [0.29, 0.717) is 17.9 Å². The number of benzene rings is 1. The fourth-order valence-corrected chi connectivity index (χ4v) is 4.43. The molecule has 0 radical (unpaired) electrons. The van der Waals surface area contributed by atoms with Crippen LogP contribution in [0.3, 0.4) is 0 Å². The van der Waals surface area contributed by atoms with Crippen molar-refractivity contribution >= 4 is 21.4 Å². The fraction of sp³-hybridized carbons (Fsp3) is 0.500. The van der Waals surface area contributed by atoms with E-state index < -0.39 is 15.4 Å². The van der Waals surface area contributed by atoms with E-state index in [1.54, 1.807) is 31.2 Å². The van der Waals surface area contributed by atoms with Crippen LogP contribution in [0.1, 0.15) is 19.8 Å². The molecule has 0 spiro atoms. The van der Waals surface area contributed by atoms with Gasteiger partial charge in [0.25, 0.3) is 0 Å². The van der Waals surface area contributed by atoms with Gasteiger partial charge in [0.1, 0.15) is 5.75 Å². The Labute approximate surface area is 124 Å². The molecule has 116 valence electrons. The molecule has 0 aromatic heterocycles. The van der Waals surface area contributed by atoms with Crippen LogP contribution in [-0.4, -0.2) is 38.0 Å². The van der Waals surface area contributed by atoms with E-state index in [1.807, 2.05) is 0 Å². The van der Waals surface area contributed by atoms with Crippen molar-refractivity contribution in [2.75, 3.05) is 23.8 Å². The van der Waals surface area contributed by atoms with Crippen LogP contribution in [0.4, 0.5) is 5.69 Å². The highest BCUT2D eigenvalue weighted by atomic mass is 32.2. The van der Waals surface area contributed by atoms with Gasteiger partial charge in [-0.3, -0.25) is 4.79 Å². The largest absolute Gasteiger partial charge is 0.493 e. The predicted octanol–water partition coefficient (Wildman–Crippen LogP) is 0.731. The van der Waals surface area contributed by atoms with Crippen molar-refractivity contribution in [2.45, 2.75) is 25.3 Å². The lowest BCUT2D eigenvalue weighted by Crippen LogP contribution is -2.47. The van der Waals surface area contributed by atoms with E-state index >= 15 is 0 Å². The summed E-state index contributed by atoms with van der Waals surface area (Å²) in [6.45, 7) is 1.99. The average molecular weight is 312 g/mol. The van der Waals surface area contributed by atoms with Gasteiger partial charge < -0.3 is 15.8 Å². The van der Waals surface area contributed by atoms with Gasteiger partial charge in [-0.25, -0.2) is 8.42 Å². The van der Waals surface area contributed by atoms with Crippen LogP contribution >= 0.6 is 0 Å². The monoisotopic (exact) mass is 312 g/mol. The minimum absolute atomic E-state index is 0.00452. The zero-order valence-electron chi connectivity index (χ0n) is 12.0. The summed E-state index contributed by atoms with van der Waals surface area (Å²) in [4.78, 5) is 11.9. The summed E-state index contributed by atoms with van der Waals surface area (Å²) >= 11 is 0. The molecule has 6 nitrogen and oxygen atoms in total. The number of nitrogen functional groups attached to an aromatic ring is 1. The van der Waals surface area contributed by atoms with Gasteiger partial charge in [0, 0.05) is 5.69 Å². The van der Waals surface area contributed by atoms with Gasteiger partial charge in [-0.2, -0.15) is 0 Å². The molecular weight excluding hydrogens is 292 g/mol. The van der Waals surface area contributed by atoms with Gasteiger partial charge in [-0.05, 0) is 37.6 Å². The maximum Gasteiger partial charge on any atom is 0.223 e. The summed E-state index contributed by atoms with van der Waals surface area (Å²) < 4.78 is 28.4. The number of anilines is 1. The lowest BCUT2D eigenvalue weighted by atomic mass is 10.0. The van der Waals surface area contributed by atoms with Crippen molar-refractivity contribution < 1.29 is 17.9 Å². The van der Waals surface area contributed by atoms with Gasteiger partial charge >= 0.3 is 0 Å². The molecule has 1 fully saturated rings. The predicted molar refractivity (Wildman–Crippen MR) is 80.8 cm³/mol. The Morgan fingerprint density at radius 1 is 1.38 bits per heavy atom. The Morgan fingerprint density at radius 2 is 2.05 bits per heavy atom. The molecule has 0 saturated carbocycles. The number of rotatable bonds is 5. The van der Waals surface area contributed by atoms with Crippen LogP contribution in [0.15, 0.2) is 24.3 Å². The number of ether oxygens (including phenoxy) is 1.